The van der Waals surface area contributed by atoms with Gasteiger partial charge in [0, 0.05) is 30.3 Å². The zero-order valence-electron chi connectivity index (χ0n) is 17.7. The molecule has 0 atom stereocenters. The highest BCUT2D eigenvalue weighted by molar-refractivity contribution is 7.18. The number of anilines is 1. The maximum absolute atomic E-state index is 11.0. The van der Waals surface area contributed by atoms with Gasteiger partial charge in [-0.1, -0.05) is 6.08 Å². The van der Waals surface area contributed by atoms with E-state index in [4.69, 9.17) is 9.84 Å². The SMILES string of the molecule is COc1cc2c(cc1/N=N/c1ncc([N+](=O)[O-])s1)C(C)=CC(C)(C)N2CCCC(=O)O. The lowest BCUT2D eigenvalue weighted by atomic mass is 9.88. The molecule has 0 aliphatic carbocycles. The van der Waals surface area contributed by atoms with E-state index in [1.54, 1.807) is 0 Å². The Bertz CT molecular complexity index is 1080. The van der Waals surface area contributed by atoms with Crippen LogP contribution in [0, 0.1) is 10.1 Å². The second-order valence-corrected chi connectivity index (χ2v) is 8.60. The van der Waals surface area contributed by atoms with Crippen LogP contribution in [-0.2, 0) is 4.79 Å². The molecule has 31 heavy (non-hydrogen) atoms. The van der Waals surface area contributed by atoms with Gasteiger partial charge in [-0.05, 0) is 50.2 Å². The zero-order chi connectivity index (χ0) is 22.8. The number of rotatable bonds is 8. The molecule has 0 amide bonds. The smallest absolute Gasteiger partial charge is 0.345 e. The molecule has 164 valence electrons. The number of carboxylic acid groups (broad SMARTS) is 1. The molecule has 2 aromatic rings. The number of fused-ring (bicyclic) bond motifs is 1. The predicted molar refractivity (Wildman–Crippen MR) is 118 cm³/mol. The number of methoxy groups -OCH3 is 1. The summed E-state index contributed by atoms with van der Waals surface area (Å²) in [5.74, 6) is -0.334. The van der Waals surface area contributed by atoms with E-state index in [0.717, 1.165) is 34.4 Å². The van der Waals surface area contributed by atoms with E-state index in [9.17, 15) is 14.9 Å². The molecule has 1 aromatic carbocycles. The first-order chi connectivity index (χ1) is 14.6. The van der Waals surface area contributed by atoms with Crippen LogP contribution in [0.1, 0.15) is 39.2 Å². The molecule has 0 saturated carbocycles. The van der Waals surface area contributed by atoms with Gasteiger partial charge in [0.2, 0.25) is 5.13 Å². The van der Waals surface area contributed by atoms with Crippen molar-refractivity contribution in [1.29, 1.82) is 0 Å². The van der Waals surface area contributed by atoms with Crippen molar-refractivity contribution in [2.75, 3.05) is 18.6 Å². The summed E-state index contributed by atoms with van der Waals surface area (Å²) in [4.78, 5) is 27.3. The maximum Gasteiger partial charge on any atom is 0.345 e. The highest BCUT2D eigenvalue weighted by atomic mass is 32.1. The van der Waals surface area contributed by atoms with E-state index in [1.807, 2.05) is 19.1 Å². The quantitative estimate of drug-likeness (QED) is 0.329. The third kappa shape index (κ3) is 4.88. The van der Waals surface area contributed by atoms with Crippen molar-refractivity contribution in [3.05, 3.63) is 40.1 Å². The summed E-state index contributed by atoms with van der Waals surface area (Å²) in [6, 6.07) is 3.72. The Morgan fingerprint density at radius 3 is 2.74 bits per heavy atom. The van der Waals surface area contributed by atoms with Crippen LogP contribution in [0.15, 0.2) is 34.6 Å². The second-order valence-electron chi connectivity index (χ2n) is 7.61. The largest absolute Gasteiger partial charge is 0.494 e. The monoisotopic (exact) mass is 445 g/mol. The van der Waals surface area contributed by atoms with Crippen LogP contribution in [0.3, 0.4) is 0 Å². The minimum absolute atomic E-state index is 0.0913. The van der Waals surface area contributed by atoms with Crippen LogP contribution in [0.4, 0.5) is 21.5 Å². The lowest BCUT2D eigenvalue weighted by Crippen LogP contribution is -2.45. The van der Waals surface area contributed by atoms with Gasteiger partial charge in [-0.2, -0.15) is 0 Å². The molecule has 0 saturated heterocycles. The number of azo groups is 1. The summed E-state index contributed by atoms with van der Waals surface area (Å²) < 4.78 is 5.52. The number of benzene rings is 1. The predicted octanol–water partition coefficient (Wildman–Crippen LogP) is 5.34. The maximum atomic E-state index is 11.0. The van der Waals surface area contributed by atoms with E-state index in [-0.39, 0.29) is 22.1 Å². The van der Waals surface area contributed by atoms with E-state index in [2.05, 4.69) is 40.0 Å². The number of hydrogen-bond acceptors (Lipinski definition) is 9. The summed E-state index contributed by atoms with van der Waals surface area (Å²) in [5.41, 5.74) is 3.09. The van der Waals surface area contributed by atoms with Crippen molar-refractivity contribution in [1.82, 2.24) is 4.98 Å². The molecule has 1 N–H and O–H groups in total. The molecule has 0 fully saturated rings. The van der Waals surface area contributed by atoms with Gasteiger partial charge < -0.3 is 14.7 Å². The molecule has 0 radical (unpaired) electrons. The fourth-order valence-electron chi connectivity index (χ4n) is 3.62. The molecule has 3 rings (SSSR count). The average molecular weight is 446 g/mol. The fraction of sp³-hybridized carbons (Fsp3) is 0.400. The summed E-state index contributed by atoms with van der Waals surface area (Å²) in [6.07, 6.45) is 3.88. The number of allylic oxidation sites excluding steroid dienone is 1. The zero-order valence-corrected chi connectivity index (χ0v) is 18.5. The normalized spacial score (nSPS) is 15.0. The number of nitrogens with zero attached hydrogens (tertiary/aromatic N) is 5. The van der Waals surface area contributed by atoms with Crippen LogP contribution in [0.5, 0.6) is 5.75 Å². The Kier molecular flexibility index (Phi) is 6.34. The van der Waals surface area contributed by atoms with Gasteiger partial charge in [0.1, 0.15) is 17.6 Å². The lowest BCUT2D eigenvalue weighted by Gasteiger charge is -2.43. The Hall–Kier alpha value is -3.34. The molecule has 0 unspecified atom stereocenters. The van der Waals surface area contributed by atoms with Crippen LogP contribution in [-0.4, -0.2) is 40.2 Å². The molecule has 1 aliphatic heterocycles. The van der Waals surface area contributed by atoms with Gasteiger partial charge in [-0.15, -0.1) is 10.2 Å². The van der Waals surface area contributed by atoms with Gasteiger partial charge in [0.25, 0.3) is 0 Å². The molecule has 1 aromatic heterocycles. The number of ether oxygens (including phenoxy) is 1. The lowest BCUT2D eigenvalue weighted by molar-refractivity contribution is -0.380. The van der Waals surface area contributed by atoms with Crippen molar-refractivity contribution >= 4 is 44.4 Å². The van der Waals surface area contributed by atoms with Crippen molar-refractivity contribution in [3.8, 4) is 5.75 Å². The van der Waals surface area contributed by atoms with Crippen LogP contribution < -0.4 is 9.64 Å². The molecule has 2 heterocycles. The molecule has 0 bridgehead atoms. The van der Waals surface area contributed by atoms with Crippen molar-refractivity contribution in [3.63, 3.8) is 0 Å². The van der Waals surface area contributed by atoms with Gasteiger partial charge in [-0.3, -0.25) is 14.9 Å². The van der Waals surface area contributed by atoms with Crippen LogP contribution in [0.2, 0.25) is 0 Å². The van der Waals surface area contributed by atoms with E-state index in [1.165, 1.54) is 7.11 Å². The van der Waals surface area contributed by atoms with Gasteiger partial charge >= 0.3 is 11.0 Å². The highest BCUT2D eigenvalue weighted by Crippen LogP contribution is 2.45. The number of thiazole rings is 1. The first kappa shape index (κ1) is 22.3. The van der Waals surface area contributed by atoms with Crippen LogP contribution >= 0.6 is 11.3 Å². The van der Waals surface area contributed by atoms with Crippen molar-refractivity contribution < 1.29 is 19.6 Å². The van der Waals surface area contributed by atoms with Crippen LogP contribution in [0.25, 0.3) is 5.57 Å². The Morgan fingerprint density at radius 1 is 1.39 bits per heavy atom. The Morgan fingerprint density at radius 2 is 2.13 bits per heavy atom. The molecule has 10 nitrogen and oxygen atoms in total. The molecular weight excluding hydrogens is 422 g/mol. The third-order valence-corrected chi connectivity index (χ3v) is 5.79. The number of aliphatic carboxylic acids is 1. The molecule has 0 spiro atoms. The minimum atomic E-state index is -0.822. The van der Waals surface area contributed by atoms with E-state index < -0.39 is 10.9 Å². The summed E-state index contributed by atoms with van der Waals surface area (Å²) in [5, 5.41) is 28.1. The highest BCUT2D eigenvalue weighted by Gasteiger charge is 2.32. The van der Waals surface area contributed by atoms with E-state index >= 15 is 0 Å². The first-order valence-electron chi connectivity index (χ1n) is 9.55. The summed E-state index contributed by atoms with van der Waals surface area (Å²) in [6.45, 7) is 6.74. The number of carbonyl (C=O) groups is 1. The number of carboxylic acids is 1. The summed E-state index contributed by atoms with van der Waals surface area (Å²) in [7, 11) is 1.53. The average Bonchev–Trinajstić information content (AvgIpc) is 3.17. The topological polar surface area (TPSA) is 131 Å². The van der Waals surface area contributed by atoms with Gasteiger partial charge in [0.05, 0.1) is 17.6 Å². The molecule has 1 aliphatic rings. The number of aromatic nitrogens is 1. The summed E-state index contributed by atoms with van der Waals surface area (Å²) >= 11 is 0.836. The third-order valence-electron chi connectivity index (χ3n) is 4.96. The second kappa shape index (κ2) is 8.80. The standard InChI is InChI=1S/C20H23N5O5S/c1-12-10-20(2,3)24(7-5-6-18(26)27)15-9-16(30-4)14(8-13(12)15)22-23-19-21-11-17(31-19)25(28)29/h8-11H,5-7H2,1-4H3,(H,26,27)/b23-22+. The van der Waals surface area contributed by atoms with Crippen molar-refractivity contribution in [2.24, 2.45) is 10.2 Å². The fourth-order valence-corrected chi connectivity index (χ4v) is 4.17. The number of hydrogen-bond donors (Lipinski definition) is 1. The van der Waals surface area contributed by atoms with Gasteiger partial charge in [-0.25, -0.2) is 4.98 Å². The number of nitro groups is 1. The minimum Gasteiger partial charge on any atom is -0.494 e. The Balaban J connectivity index is 1.98. The molecular formula is C20H23N5O5S. The van der Waals surface area contributed by atoms with Gasteiger partial charge in [0.15, 0.2) is 0 Å². The molecule has 11 heteroatoms. The first-order valence-corrected chi connectivity index (χ1v) is 10.4. The van der Waals surface area contributed by atoms with Crippen molar-refractivity contribution in [2.45, 2.75) is 39.2 Å². The van der Waals surface area contributed by atoms with E-state index in [0.29, 0.717) is 24.4 Å². The Labute approximate surface area is 183 Å².